The largest absolute Gasteiger partial charge is 0.489 e. The second kappa shape index (κ2) is 13.0. The molecule has 1 aliphatic heterocycles. The zero-order valence-corrected chi connectivity index (χ0v) is 22.1. The summed E-state index contributed by atoms with van der Waals surface area (Å²) in [5.41, 5.74) is 2.57. The maximum atomic E-state index is 12.7. The smallest absolute Gasteiger partial charge is 0.254 e. The molecule has 2 atom stereocenters. The second-order valence-corrected chi connectivity index (χ2v) is 9.69. The van der Waals surface area contributed by atoms with E-state index in [0.717, 1.165) is 16.8 Å². The van der Waals surface area contributed by atoms with Crippen LogP contribution < -0.4 is 15.0 Å². The minimum Gasteiger partial charge on any atom is -0.489 e. The van der Waals surface area contributed by atoms with Crippen LogP contribution in [0.3, 0.4) is 0 Å². The van der Waals surface area contributed by atoms with E-state index in [1.54, 1.807) is 36.4 Å². The highest BCUT2D eigenvalue weighted by atomic mass is 35.5. The molecule has 0 bridgehead atoms. The number of carbonyl (C=O) groups excluding carboxylic acids is 2. The number of hydrogen-bond acceptors (Lipinski definition) is 6. The number of benzene rings is 3. The number of ether oxygens (including phenoxy) is 1. The van der Waals surface area contributed by atoms with Gasteiger partial charge in [0, 0.05) is 44.0 Å². The molecule has 38 heavy (non-hydrogen) atoms. The van der Waals surface area contributed by atoms with Gasteiger partial charge in [-0.15, -0.1) is 0 Å². The Kier molecular flexibility index (Phi) is 9.47. The van der Waals surface area contributed by atoms with Crippen LogP contribution >= 0.6 is 23.2 Å². The van der Waals surface area contributed by atoms with Crippen LogP contribution in [0.4, 0.5) is 5.69 Å². The molecule has 1 fully saturated rings. The molecular formula is C28H29Cl2N3O5. The number of piperazine rings is 1. The number of halogens is 2. The van der Waals surface area contributed by atoms with Crippen molar-refractivity contribution in [2.24, 2.45) is 0 Å². The van der Waals surface area contributed by atoms with Crippen molar-refractivity contribution in [3.63, 3.8) is 0 Å². The molecule has 8 nitrogen and oxygen atoms in total. The predicted molar refractivity (Wildman–Crippen MR) is 146 cm³/mol. The van der Waals surface area contributed by atoms with E-state index in [4.69, 9.17) is 27.9 Å². The second-order valence-electron chi connectivity index (χ2n) is 8.90. The standard InChI is InChI=1S/C28H29Cl2N3O5/c29-23-8-4-5-20(24(23)30)18-38-22-11-9-19(10-12-22)17-31-27(36)25(34)26(35)28(37)33-15-13-32(14-16-33)21-6-2-1-3-7-21/h1-12,25-26,34-35H,13-18H2,(H,31,36)/t25-,26-/m1/s1. The van der Waals surface area contributed by atoms with Crippen molar-refractivity contribution in [3.05, 3.63) is 94.0 Å². The minimum absolute atomic E-state index is 0.104. The van der Waals surface area contributed by atoms with Crippen molar-refractivity contribution in [1.82, 2.24) is 10.2 Å². The SMILES string of the molecule is O=C(NCc1ccc(OCc2cccc(Cl)c2Cl)cc1)[C@H](O)[C@@H](O)C(=O)N1CCN(c2ccccc2)CC1. The van der Waals surface area contributed by atoms with Gasteiger partial charge in [-0.1, -0.05) is 65.7 Å². The van der Waals surface area contributed by atoms with Gasteiger partial charge in [-0.05, 0) is 35.9 Å². The molecule has 3 N–H and O–H groups in total. The van der Waals surface area contributed by atoms with Crippen LogP contribution in [0.5, 0.6) is 5.75 Å². The summed E-state index contributed by atoms with van der Waals surface area (Å²) in [6.07, 6.45) is -3.72. The number of hydrogen-bond donors (Lipinski definition) is 3. The Labute approximate surface area is 231 Å². The Morgan fingerprint density at radius 3 is 2.24 bits per heavy atom. The molecule has 3 aromatic rings. The van der Waals surface area contributed by atoms with Crippen LogP contribution in [-0.4, -0.2) is 65.3 Å². The first-order valence-corrected chi connectivity index (χ1v) is 13.0. The number of amides is 2. The summed E-state index contributed by atoms with van der Waals surface area (Å²) in [6, 6.07) is 22.2. The van der Waals surface area contributed by atoms with Gasteiger partial charge in [0.1, 0.15) is 12.4 Å². The normalized spacial score (nSPS) is 15.1. The fourth-order valence-corrected chi connectivity index (χ4v) is 4.48. The molecule has 1 heterocycles. The van der Waals surface area contributed by atoms with Gasteiger partial charge in [-0.3, -0.25) is 9.59 Å². The molecule has 3 aromatic carbocycles. The Morgan fingerprint density at radius 1 is 0.868 bits per heavy atom. The van der Waals surface area contributed by atoms with Crippen molar-refractivity contribution in [2.75, 3.05) is 31.1 Å². The first-order valence-electron chi connectivity index (χ1n) is 12.2. The van der Waals surface area contributed by atoms with E-state index in [9.17, 15) is 19.8 Å². The molecule has 0 aromatic heterocycles. The van der Waals surface area contributed by atoms with E-state index >= 15 is 0 Å². The zero-order chi connectivity index (χ0) is 27.1. The summed E-state index contributed by atoms with van der Waals surface area (Å²) in [6.45, 7) is 2.31. The van der Waals surface area contributed by atoms with Gasteiger partial charge < -0.3 is 30.1 Å². The summed E-state index contributed by atoms with van der Waals surface area (Å²) in [7, 11) is 0. The van der Waals surface area contributed by atoms with Crippen molar-refractivity contribution < 1.29 is 24.5 Å². The minimum atomic E-state index is -1.88. The molecule has 1 saturated heterocycles. The van der Waals surface area contributed by atoms with Crippen molar-refractivity contribution in [3.8, 4) is 5.75 Å². The summed E-state index contributed by atoms with van der Waals surface area (Å²) in [5, 5.41) is 24.1. The monoisotopic (exact) mass is 557 g/mol. The number of para-hydroxylation sites is 1. The predicted octanol–water partition coefficient (Wildman–Crippen LogP) is 3.26. The Morgan fingerprint density at radius 2 is 1.55 bits per heavy atom. The fourth-order valence-electron chi connectivity index (χ4n) is 4.11. The van der Waals surface area contributed by atoms with Crippen molar-refractivity contribution in [1.29, 1.82) is 0 Å². The van der Waals surface area contributed by atoms with Gasteiger partial charge in [0.05, 0.1) is 10.0 Å². The molecule has 4 rings (SSSR count). The van der Waals surface area contributed by atoms with E-state index in [0.29, 0.717) is 42.0 Å². The lowest BCUT2D eigenvalue weighted by molar-refractivity contribution is -0.153. The quantitative estimate of drug-likeness (QED) is 0.373. The maximum absolute atomic E-state index is 12.7. The lowest BCUT2D eigenvalue weighted by atomic mass is 10.1. The Bertz CT molecular complexity index is 1230. The average Bonchev–Trinajstić information content (AvgIpc) is 2.96. The summed E-state index contributed by atoms with van der Waals surface area (Å²) >= 11 is 12.2. The van der Waals surface area contributed by atoms with Gasteiger partial charge >= 0.3 is 0 Å². The lowest BCUT2D eigenvalue weighted by Gasteiger charge is -2.37. The molecule has 0 unspecified atom stereocenters. The molecule has 0 saturated carbocycles. The van der Waals surface area contributed by atoms with Crippen LogP contribution in [0.15, 0.2) is 72.8 Å². The number of nitrogens with one attached hydrogen (secondary N) is 1. The molecule has 1 aliphatic rings. The third-order valence-electron chi connectivity index (χ3n) is 6.35. The average molecular weight is 558 g/mol. The van der Waals surface area contributed by atoms with Gasteiger partial charge in [0.25, 0.3) is 11.8 Å². The topological polar surface area (TPSA) is 102 Å². The Hall–Kier alpha value is -3.30. The van der Waals surface area contributed by atoms with Crippen molar-refractivity contribution >= 4 is 40.7 Å². The highest BCUT2D eigenvalue weighted by Crippen LogP contribution is 2.26. The highest BCUT2D eigenvalue weighted by Gasteiger charge is 2.34. The first-order chi connectivity index (χ1) is 18.3. The molecular weight excluding hydrogens is 529 g/mol. The number of anilines is 1. The molecule has 0 spiro atoms. The van der Waals surface area contributed by atoms with Crippen LogP contribution in [0.25, 0.3) is 0 Å². The fraction of sp³-hybridized carbons (Fsp3) is 0.286. The zero-order valence-electron chi connectivity index (χ0n) is 20.6. The van der Waals surface area contributed by atoms with Gasteiger partial charge in [-0.2, -0.15) is 0 Å². The third-order valence-corrected chi connectivity index (χ3v) is 7.21. The van der Waals surface area contributed by atoms with Gasteiger partial charge in [0.2, 0.25) is 0 Å². The highest BCUT2D eigenvalue weighted by molar-refractivity contribution is 6.42. The number of carbonyl (C=O) groups is 2. The van der Waals surface area contributed by atoms with Crippen LogP contribution in [0, 0.1) is 0 Å². The van der Waals surface area contributed by atoms with Crippen LogP contribution in [0.1, 0.15) is 11.1 Å². The number of aliphatic hydroxyl groups excluding tert-OH is 2. The van der Waals surface area contributed by atoms with Crippen LogP contribution in [0.2, 0.25) is 10.0 Å². The van der Waals surface area contributed by atoms with E-state index in [1.165, 1.54) is 4.90 Å². The number of rotatable bonds is 9. The number of aliphatic hydroxyl groups is 2. The lowest BCUT2D eigenvalue weighted by Crippen LogP contribution is -2.55. The third kappa shape index (κ3) is 6.96. The molecule has 200 valence electrons. The van der Waals surface area contributed by atoms with Gasteiger partial charge in [0.15, 0.2) is 12.2 Å². The first kappa shape index (κ1) is 27.7. The van der Waals surface area contributed by atoms with E-state index < -0.39 is 24.0 Å². The summed E-state index contributed by atoms with van der Waals surface area (Å²) < 4.78 is 5.75. The van der Waals surface area contributed by atoms with Gasteiger partial charge in [-0.25, -0.2) is 0 Å². The maximum Gasteiger partial charge on any atom is 0.254 e. The molecule has 10 heteroatoms. The van der Waals surface area contributed by atoms with E-state index in [2.05, 4.69) is 10.2 Å². The van der Waals surface area contributed by atoms with Crippen LogP contribution in [-0.2, 0) is 22.7 Å². The summed E-state index contributed by atoms with van der Waals surface area (Å²) in [5.74, 6) is -0.893. The van der Waals surface area contributed by atoms with E-state index in [-0.39, 0.29) is 13.2 Å². The van der Waals surface area contributed by atoms with Crippen molar-refractivity contribution in [2.45, 2.75) is 25.4 Å². The number of nitrogens with zero attached hydrogens (tertiary/aromatic N) is 2. The summed E-state index contributed by atoms with van der Waals surface area (Å²) in [4.78, 5) is 28.7. The Balaban J connectivity index is 1.22. The molecule has 0 aliphatic carbocycles. The molecule has 2 amide bonds. The van der Waals surface area contributed by atoms with E-state index in [1.807, 2.05) is 36.4 Å². The molecule has 0 radical (unpaired) electrons.